The van der Waals surface area contributed by atoms with Gasteiger partial charge in [-0.3, -0.25) is 0 Å². The highest BCUT2D eigenvalue weighted by Gasteiger charge is 2.07. The van der Waals surface area contributed by atoms with Crippen LogP contribution < -0.4 is 5.32 Å². The van der Waals surface area contributed by atoms with E-state index in [-0.39, 0.29) is 0 Å². The lowest BCUT2D eigenvalue weighted by Crippen LogP contribution is -2.20. The third-order valence-corrected chi connectivity index (χ3v) is 1.99. The number of nitrogens with zero attached hydrogens (tertiary/aromatic N) is 1. The van der Waals surface area contributed by atoms with E-state index in [0.29, 0.717) is 6.54 Å². The van der Waals surface area contributed by atoms with Crippen molar-refractivity contribution in [1.82, 2.24) is 10.3 Å². The zero-order valence-corrected chi connectivity index (χ0v) is 7.27. The van der Waals surface area contributed by atoms with Crippen LogP contribution in [0.1, 0.15) is 18.7 Å². The molecule has 1 unspecified atom stereocenters. The van der Waals surface area contributed by atoms with Gasteiger partial charge in [0.1, 0.15) is 6.10 Å². The molecule has 0 aromatic carbocycles. The van der Waals surface area contributed by atoms with Crippen molar-refractivity contribution >= 4 is 11.3 Å². The molecule has 0 aliphatic heterocycles. The van der Waals surface area contributed by atoms with E-state index < -0.39 is 6.10 Å². The Hall–Kier alpha value is -0.450. The Kier molecular flexibility index (Phi) is 3.48. The van der Waals surface area contributed by atoms with Crippen LogP contribution in [0.25, 0.3) is 0 Å². The van der Waals surface area contributed by atoms with Crippen molar-refractivity contribution in [3.05, 3.63) is 16.6 Å². The van der Waals surface area contributed by atoms with Crippen molar-refractivity contribution in [2.75, 3.05) is 13.1 Å². The third-order valence-electron chi connectivity index (χ3n) is 1.38. The Labute approximate surface area is 70.1 Å². The smallest absolute Gasteiger partial charge is 0.109 e. The normalized spacial score (nSPS) is 13.3. The minimum atomic E-state index is -0.457. The minimum absolute atomic E-state index is 0.457. The van der Waals surface area contributed by atoms with Crippen molar-refractivity contribution in [3.8, 4) is 0 Å². The molecule has 0 spiro atoms. The van der Waals surface area contributed by atoms with Crippen LogP contribution in [0.2, 0.25) is 0 Å². The molecule has 0 aliphatic rings. The van der Waals surface area contributed by atoms with Gasteiger partial charge in [-0.05, 0) is 6.54 Å². The number of rotatable bonds is 4. The predicted octanol–water partition coefficient (Wildman–Crippen LogP) is 0.786. The number of aromatic nitrogens is 1. The molecule has 0 aliphatic carbocycles. The van der Waals surface area contributed by atoms with Crippen LogP contribution in [0.4, 0.5) is 0 Å². The minimum Gasteiger partial charge on any atom is -0.385 e. The van der Waals surface area contributed by atoms with Gasteiger partial charge in [0.2, 0.25) is 0 Å². The second-order valence-electron chi connectivity index (χ2n) is 2.24. The molecule has 0 bridgehead atoms. The summed E-state index contributed by atoms with van der Waals surface area (Å²) >= 11 is 1.50. The van der Waals surface area contributed by atoms with E-state index in [0.717, 1.165) is 12.2 Å². The number of aliphatic hydroxyl groups is 1. The van der Waals surface area contributed by atoms with Crippen molar-refractivity contribution in [1.29, 1.82) is 0 Å². The van der Waals surface area contributed by atoms with Crippen LogP contribution in [-0.2, 0) is 0 Å². The highest BCUT2D eigenvalue weighted by molar-refractivity contribution is 7.07. The number of nitrogens with one attached hydrogen (secondary N) is 1. The van der Waals surface area contributed by atoms with Crippen LogP contribution >= 0.6 is 11.3 Å². The maximum Gasteiger partial charge on any atom is 0.109 e. The van der Waals surface area contributed by atoms with Gasteiger partial charge in [-0.15, -0.1) is 11.3 Å². The number of thiazole rings is 1. The van der Waals surface area contributed by atoms with Crippen LogP contribution in [-0.4, -0.2) is 23.2 Å². The van der Waals surface area contributed by atoms with Gasteiger partial charge in [0.05, 0.1) is 11.2 Å². The molecule has 11 heavy (non-hydrogen) atoms. The second kappa shape index (κ2) is 4.43. The maximum atomic E-state index is 9.42. The Balaban J connectivity index is 2.36. The van der Waals surface area contributed by atoms with Gasteiger partial charge in [-0.25, -0.2) is 4.98 Å². The van der Waals surface area contributed by atoms with Crippen LogP contribution in [0.3, 0.4) is 0 Å². The molecule has 0 radical (unpaired) electrons. The SMILES string of the molecule is CCNCC(O)c1cscn1. The molecule has 1 aromatic heterocycles. The second-order valence-corrected chi connectivity index (χ2v) is 2.96. The zero-order chi connectivity index (χ0) is 8.10. The molecular formula is C7H12N2OS. The lowest BCUT2D eigenvalue weighted by Gasteiger charge is -2.06. The van der Waals surface area contributed by atoms with Gasteiger partial charge >= 0.3 is 0 Å². The highest BCUT2D eigenvalue weighted by Crippen LogP contribution is 2.10. The van der Waals surface area contributed by atoms with Gasteiger partial charge in [-0.1, -0.05) is 6.92 Å². The fourth-order valence-corrected chi connectivity index (χ4v) is 1.37. The molecule has 0 saturated carbocycles. The number of likely N-dealkylation sites (N-methyl/N-ethyl adjacent to an activating group) is 1. The van der Waals surface area contributed by atoms with Gasteiger partial charge in [0.15, 0.2) is 0 Å². The van der Waals surface area contributed by atoms with E-state index in [2.05, 4.69) is 10.3 Å². The molecule has 1 heterocycles. The van der Waals surface area contributed by atoms with Gasteiger partial charge in [-0.2, -0.15) is 0 Å². The molecule has 3 nitrogen and oxygen atoms in total. The third kappa shape index (κ3) is 2.57. The van der Waals surface area contributed by atoms with E-state index in [1.54, 1.807) is 5.51 Å². The Morgan fingerprint density at radius 2 is 2.64 bits per heavy atom. The zero-order valence-electron chi connectivity index (χ0n) is 6.45. The molecule has 2 N–H and O–H groups in total. The van der Waals surface area contributed by atoms with Gasteiger partial charge < -0.3 is 10.4 Å². The molecule has 0 fully saturated rings. The molecule has 0 saturated heterocycles. The Morgan fingerprint density at radius 3 is 3.18 bits per heavy atom. The van der Waals surface area contributed by atoms with E-state index in [4.69, 9.17) is 0 Å². The summed E-state index contributed by atoms with van der Waals surface area (Å²) in [5.41, 5.74) is 2.49. The van der Waals surface area contributed by atoms with Crippen molar-refractivity contribution in [2.24, 2.45) is 0 Å². The van der Waals surface area contributed by atoms with Crippen LogP contribution in [0.5, 0.6) is 0 Å². The topological polar surface area (TPSA) is 45.1 Å². The summed E-state index contributed by atoms with van der Waals surface area (Å²) in [5, 5.41) is 14.3. The Morgan fingerprint density at radius 1 is 1.82 bits per heavy atom. The fraction of sp³-hybridized carbons (Fsp3) is 0.571. The lowest BCUT2D eigenvalue weighted by molar-refractivity contribution is 0.171. The number of hydrogen-bond acceptors (Lipinski definition) is 4. The first kappa shape index (κ1) is 8.64. The summed E-state index contributed by atoms with van der Waals surface area (Å²) in [6.07, 6.45) is -0.457. The molecule has 4 heteroatoms. The molecule has 62 valence electrons. The fourth-order valence-electron chi connectivity index (χ4n) is 0.772. The standard InChI is InChI=1S/C7H12N2OS/c1-2-8-3-7(10)6-4-11-5-9-6/h4-5,7-8,10H,2-3H2,1H3. The van der Waals surface area contributed by atoms with Crippen molar-refractivity contribution in [2.45, 2.75) is 13.0 Å². The van der Waals surface area contributed by atoms with Crippen molar-refractivity contribution < 1.29 is 5.11 Å². The number of hydrogen-bond donors (Lipinski definition) is 2. The average Bonchev–Trinajstić information content (AvgIpc) is 2.52. The summed E-state index contributed by atoms with van der Waals surface area (Å²) in [5.74, 6) is 0. The summed E-state index contributed by atoms with van der Waals surface area (Å²) in [7, 11) is 0. The van der Waals surface area contributed by atoms with Gasteiger partial charge in [0.25, 0.3) is 0 Å². The average molecular weight is 172 g/mol. The first-order valence-electron chi connectivity index (χ1n) is 3.61. The molecular weight excluding hydrogens is 160 g/mol. The van der Waals surface area contributed by atoms with Crippen LogP contribution in [0, 0.1) is 0 Å². The van der Waals surface area contributed by atoms with E-state index in [9.17, 15) is 5.11 Å². The predicted molar refractivity (Wildman–Crippen MR) is 45.6 cm³/mol. The van der Waals surface area contributed by atoms with E-state index >= 15 is 0 Å². The molecule has 1 rings (SSSR count). The molecule has 1 atom stereocenters. The maximum absolute atomic E-state index is 9.42. The Bertz CT molecular complexity index is 188. The first-order valence-corrected chi connectivity index (χ1v) is 4.55. The van der Waals surface area contributed by atoms with Gasteiger partial charge in [0, 0.05) is 11.9 Å². The number of aliphatic hydroxyl groups excluding tert-OH is 1. The molecule has 0 amide bonds. The summed E-state index contributed by atoms with van der Waals surface area (Å²) < 4.78 is 0. The van der Waals surface area contributed by atoms with E-state index in [1.165, 1.54) is 11.3 Å². The summed E-state index contributed by atoms with van der Waals surface area (Å²) in [4.78, 5) is 4.00. The molecule has 1 aromatic rings. The lowest BCUT2D eigenvalue weighted by atomic mass is 10.3. The van der Waals surface area contributed by atoms with Crippen LogP contribution in [0.15, 0.2) is 10.9 Å². The van der Waals surface area contributed by atoms with E-state index in [1.807, 2.05) is 12.3 Å². The monoisotopic (exact) mass is 172 g/mol. The summed E-state index contributed by atoms with van der Waals surface area (Å²) in [6, 6.07) is 0. The largest absolute Gasteiger partial charge is 0.385 e. The summed E-state index contributed by atoms with van der Waals surface area (Å²) in [6.45, 7) is 3.47. The quantitative estimate of drug-likeness (QED) is 0.705. The van der Waals surface area contributed by atoms with Crippen molar-refractivity contribution in [3.63, 3.8) is 0 Å². The highest BCUT2D eigenvalue weighted by atomic mass is 32.1. The first-order chi connectivity index (χ1) is 5.34.